The second-order valence-electron chi connectivity index (χ2n) is 3.55. The Bertz CT molecular complexity index is 364. The van der Waals surface area contributed by atoms with Crippen molar-refractivity contribution >= 4 is 12.3 Å². The molecule has 0 radical (unpaired) electrons. The number of aryl methyl sites for hydroxylation is 1. The van der Waals surface area contributed by atoms with E-state index >= 15 is 0 Å². The van der Waals surface area contributed by atoms with Crippen LogP contribution in [0, 0.1) is 6.92 Å². The fourth-order valence-electron chi connectivity index (χ4n) is 1.34. The van der Waals surface area contributed by atoms with E-state index in [9.17, 15) is 9.59 Å². The molecule has 86 valence electrons. The molecular formula is C12H16N2O2. The summed E-state index contributed by atoms with van der Waals surface area (Å²) < 4.78 is 0. The zero-order valence-corrected chi connectivity index (χ0v) is 9.32. The van der Waals surface area contributed by atoms with E-state index < -0.39 is 0 Å². The first kappa shape index (κ1) is 12.2. The van der Waals surface area contributed by atoms with Gasteiger partial charge in [-0.25, -0.2) is 0 Å². The lowest BCUT2D eigenvalue weighted by atomic mass is 10.1. The molecule has 4 heteroatoms. The highest BCUT2D eigenvalue weighted by atomic mass is 16.1. The number of rotatable bonds is 6. The lowest BCUT2D eigenvalue weighted by Gasteiger charge is -2.05. The van der Waals surface area contributed by atoms with Crippen molar-refractivity contribution in [1.82, 2.24) is 10.6 Å². The highest BCUT2D eigenvalue weighted by Gasteiger charge is 2.03. The molecule has 0 atom stereocenters. The Morgan fingerprint density at radius 1 is 1.38 bits per heavy atom. The van der Waals surface area contributed by atoms with Crippen molar-refractivity contribution in [2.75, 3.05) is 13.1 Å². The highest BCUT2D eigenvalue weighted by Crippen LogP contribution is 2.03. The van der Waals surface area contributed by atoms with E-state index in [2.05, 4.69) is 10.6 Å². The van der Waals surface area contributed by atoms with Crippen molar-refractivity contribution in [3.8, 4) is 0 Å². The average molecular weight is 220 g/mol. The maximum atomic E-state index is 11.6. The van der Waals surface area contributed by atoms with Gasteiger partial charge in [-0.2, -0.15) is 0 Å². The van der Waals surface area contributed by atoms with Gasteiger partial charge in [-0.15, -0.1) is 0 Å². The van der Waals surface area contributed by atoms with E-state index in [4.69, 9.17) is 0 Å². The van der Waals surface area contributed by atoms with Crippen LogP contribution < -0.4 is 10.6 Å². The third-order valence-corrected chi connectivity index (χ3v) is 2.15. The van der Waals surface area contributed by atoms with Crippen LogP contribution >= 0.6 is 0 Å². The van der Waals surface area contributed by atoms with Crippen molar-refractivity contribution < 1.29 is 9.59 Å². The Balaban J connectivity index is 2.32. The molecule has 0 aliphatic heterocycles. The zero-order chi connectivity index (χ0) is 11.8. The molecule has 2 N–H and O–H groups in total. The second kappa shape index (κ2) is 6.61. The smallest absolute Gasteiger partial charge is 0.251 e. The minimum Gasteiger partial charge on any atom is -0.359 e. The molecule has 2 amide bonds. The van der Waals surface area contributed by atoms with Crippen molar-refractivity contribution in [2.45, 2.75) is 13.3 Å². The summed E-state index contributed by atoms with van der Waals surface area (Å²) in [6.45, 7) is 3.09. The fraction of sp³-hybridized carbons (Fsp3) is 0.333. The number of hydrogen-bond donors (Lipinski definition) is 2. The first-order chi connectivity index (χ1) is 7.74. The summed E-state index contributed by atoms with van der Waals surface area (Å²) in [5.74, 6) is -0.0743. The van der Waals surface area contributed by atoms with E-state index in [-0.39, 0.29) is 5.91 Å². The van der Waals surface area contributed by atoms with Gasteiger partial charge in [0.2, 0.25) is 6.41 Å². The van der Waals surface area contributed by atoms with Gasteiger partial charge in [0.25, 0.3) is 5.91 Å². The summed E-state index contributed by atoms with van der Waals surface area (Å²) in [5, 5.41) is 5.33. The van der Waals surface area contributed by atoms with Gasteiger partial charge in [-0.05, 0) is 25.5 Å². The van der Waals surface area contributed by atoms with E-state index in [0.29, 0.717) is 25.1 Å². The molecule has 4 nitrogen and oxygen atoms in total. The third kappa shape index (κ3) is 4.13. The number of hydrogen-bond acceptors (Lipinski definition) is 2. The molecule has 0 spiro atoms. The van der Waals surface area contributed by atoms with Gasteiger partial charge >= 0.3 is 0 Å². The third-order valence-electron chi connectivity index (χ3n) is 2.15. The molecule has 0 fully saturated rings. The topological polar surface area (TPSA) is 58.2 Å². The molecule has 0 unspecified atom stereocenters. The summed E-state index contributed by atoms with van der Waals surface area (Å²) in [6.07, 6.45) is 1.39. The van der Waals surface area contributed by atoms with Gasteiger partial charge in [-0.3, -0.25) is 9.59 Å². The number of carbonyl (C=O) groups is 2. The van der Waals surface area contributed by atoms with Gasteiger partial charge in [0, 0.05) is 18.7 Å². The quantitative estimate of drug-likeness (QED) is 0.552. The van der Waals surface area contributed by atoms with Crippen LogP contribution in [0.15, 0.2) is 24.3 Å². The summed E-state index contributed by atoms with van der Waals surface area (Å²) >= 11 is 0. The predicted molar refractivity (Wildman–Crippen MR) is 62.2 cm³/mol. The van der Waals surface area contributed by atoms with Crippen LogP contribution in [0.25, 0.3) is 0 Å². The van der Waals surface area contributed by atoms with Gasteiger partial charge in [-0.1, -0.05) is 17.7 Å². The van der Waals surface area contributed by atoms with E-state index in [1.165, 1.54) is 0 Å². The maximum absolute atomic E-state index is 11.6. The Morgan fingerprint density at radius 3 is 2.88 bits per heavy atom. The first-order valence-electron chi connectivity index (χ1n) is 5.26. The van der Waals surface area contributed by atoms with Crippen LogP contribution in [-0.4, -0.2) is 25.4 Å². The normalized spacial score (nSPS) is 9.56. The monoisotopic (exact) mass is 220 g/mol. The van der Waals surface area contributed by atoms with Crippen LogP contribution in [0.3, 0.4) is 0 Å². The average Bonchev–Trinajstić information content (AvgIpc) is 2.28. The molecule has 1 rings (SSSR count). The predicted octanol–water partition coefficient (Wildman–Crippen LogP) is 0.861. The van der Waals surface area contributed by atoms with E-state index in [0.717, 1.165) is 12.0 Å². The van der Waals surface area contributed by atoms with E-state index in [1.54, 1.807) is 6.07 Å². The lowest BCUT2D eigenvalue weighted by Crippen LogP contribution is -2.27. The summed E-state index contributed by atoms with van der Waals surface area (Å²) in [7, 11) is 0. The molecule has 1 aromatic carbocycles. The molecule has 0 aliphatic carbocycles. The largest absolute Gasteiger partial charge is 0.359 e. The van der Waals surface area contributed by atoms with Crippen molar-refractivity contribution in [1.29, 1.82) is 0 Å². The van der Waals surface area contributed by atoms with Crippen molar-refractivity contribution in [3.63, 3.8) is 0 Å². The minimum absolute atomic E-state index is 0.0743. The molecule has 0 bridgehead atoms. The summed E-state index contributed by atoms with van der Waals surface area (Å²) in [6, 6.07) is 7.44. The van der Waals surface area contributed by atoms with Crippen LogP contribution in [0.5, 0.6) is 0 Å². The summed E-state index contributed by atoms with van der Waals surface area (Å²) in [5.41, 5.74) is 1.73. The van der Waals surface area contributed by atoms with Crippen LogP contribution in [-0.2, 0) is 4.79 Å². The Hall–Kier alpha value is -1.84. The molecule has 0 aliphatic rings. The van der Waals surface area contributed by atoms with Crippen molar-refractivity contribution in [3.05, 3.63) is 35.4 Å². The standard InChI is InChI=1S/C12H16N2O2/c1-10-4-2-5-11(8-10)12(16)14-7-3-6-13-9-15/h2,4-5,8-9H,3,6-7H2,1H3,(H,13,15)(H,14,16). The molecular weight excluding hydrogens is 204 g/mol. The SMILES string of the molecule is Cc1cccc(C(=O)NCCCNC=O)c1. The molecule has 1 aromatic rings. The summed E-state index contributed by atoms with van der Waals surface area (Å²) in [4.78, 5) is 21.6. The maximum Gasteiger partial charge on any atom is 0.251 e. The molecule has 0 saturated heterocycles. The second-order valence-corrected chi connectivity index (χ2v) is 3.55. The highest BCUT2D eigenvalue weighted by molar-refractivity contribution is 5.94. The Morgan fingerprint density at radius 2 is 2.19 bits per heavy atom. The number of benzene rings is 1. The van der Waals surface area contributed by atoms with Crippen LogP contribution in [0.2, 0.25) is 0 Å². The Kier molecular flexibility index (Phi) is 5.05. The molecule has 0 heterocycles. The minimum atomic E-state index is -0.0743. The Labute approximate surface area is 95.0 Å². The number of amides is 2. The lowest BCUT2D eigenvalue weighted by molar-refractivity contribution is -0.109. The zero-order valence-electron chi connectivity index (χ0n) is 9.32. The number of carbonyl (C=O) groups excluding carboxylic acids is 2. The van der Waals surface area contributed by atoms with Gasteiger partial charge in [0.1, 0.15) is 0 Å². The van der Waals surface area contributed by atoms with Gasteiger partial charge in [0.15, 0.2) is 0 Å². The van der Waals surface area contributed by atoms with Crippen LogP contribution in [0.4, 0.5) is 0 Å². The van der Waals surface area contributed by atoms with Crippen LogP contribution in [0.1, 0.15) is 22.3 Å². The fourth-order valence-corrected chi connectivity index (χ4v) is 1.34. The van der Waals surface area contributed by atoms with Gasteiger partial charge < -0.3 is 10.6 Å². The molecule has 0 saturated carbocycles. The van der Waals surface area contributed by atoms with Gasteiger partial charge in [0.05, 0.1) is 0 Å². The first-order valence-corrected chi connectivity index (χ1v) is 5.26. The number of nitrogens with one attached hydrogen (secondary N) is 2. The van der Waals surface area contributed by atoms with Crippen molar-refractivity contribution in [2.24, 2.45) is 0 Å². The molecule has 16 heavy (non-hydrogen) atoms. The van der Waals surface area contributed by atoms with E-state index in [1.807, 2.05) is 25.1 Å². The molecule has 0 aromatic heterocycles.